The third-order valence-electron chi connectivity index (χ3n) is 12.8. The summed E-state index contributed by atoms with van der Waals surface area (Å²) in [6, 6.07) is 1.39. The molecule has 406 valence electrons. The van der Waals surface area contributed by atoms with Crippen molar-refractivity contribution in [2.75, 3.05) is 33.3 Å². The number of nitrogens with one attached hydrogen (secondary N) is 6. The number of amides is 4. The number of carbonyl (C=O) groups is 5. The number of methoxy groups -OCH3 is 1. The number of rotatable bonds is 25. The molecule has 1 aromatic heterocycles. The molecular weight excluding hydrogens is 967 g/mol. The number of hydrogen-bond donors (Lipinski definition) is 14. The monoisotopic (exact) mass is 1040 g/mol. The molecule has 0 aliphatic carbocycles. The highest BCUT2D eigenvalue weighted by molar-refractivity contribution is 5.94. The number of carboxylic acid groups (broad SMARTS) is 2. The van der Waals surface area contributed by atoms with Crippen LogP contribution in [-0.4, -0.2) is 199 Å². The Hall–Kier alpha value is -6.08. The molecule has 2 aromatic rings. The van der Waals surface area contributed by atoms with Crippen molar-refractivity contribution in [3.63, 3.8) is 0 Å². The number of ether oxygens (including phenoxy) is 4. The molecule has 0 spiro atoms. The molecule has 73 heavy (non-hydrogen) atoms. The van der Waals surface area contributed by atoms with E-state index in [0.717, 1.165) is 16.8 Å². The lowest BCUT2D eigenvalue weighted by Crippen LogP contribution is -2.66. The van der Waals surface area contributed by atoms with Crippen LogP contribution in [0, 0.1) is 11.8 Å². The number of carboxylic acids is 2. The van der Waals surface area contributed by atoms with Crippen LogP contribution in [0.5, 0.6) is 0 Å². The molecule has 8 unspecified atom stereocenters. The van der Waals surface area contributed by atoms with Crippen molar-refractivity contribution in [1.82, 2.24) is 41.0 Å². The minimum atomic E-state index is -1.95. The van der Waals surface area contributed by atoms with Crippen molar-refractivity contribution >= 4 is 35.7 Å². The van der Waals surface area contributed by atoms with Crippen molar-refractivity contribution in [2.45, 2.75) is 139 Å². The Kier molecular flexibility index (Phi) is 20.8. The van der Waals surface area contributed by atoms with E-state index in [1.807, 2.05) is 4.98 Å². The second kappa shape index (κ2) is 26.2. The van der Waals surface area contributed by atoms with Gasteiger partial charge in [-0.25, -0.2) is 14.4 Å². The van der Waals surface area contributed by atoms with Gasteiger partial charge in [-0.3, -0.25) is 38.6 Å². The molecule has 3 aliphatic rings. The van der Waals surface area contributed by atoms with Gasteiger partial charge in [0.25, 0.3) is 5.56 Å². The van der Waals surface area contributed by atoms with Gasteiger partial charge in [-0.2, -0.15) is 0 Å². The van der Waals surface area contributed by atoms with Gasteiger partial charge in [0, 0.05) is 52.1 Å². The third-order valence-corrected chi connectivity index (χ3v) is 12.8. The number of benzene rings is 1. The first-order chi connectivity index (χ1) is 34.6. The Balaban J connectivity index is 1.42. The number of aliphatic imine (C=N–C) groups is 1. The van der Waals surface area contributed by atoms with E-state index in [2.05, 4.69) is 31.6 Å². The van der Waals surface area contributed by atoms with E-state index in [4.69, 9.17) is 30.4 Å². The third kappa shape index (κ3) is 14.6. The normalized spacial score (nSPS) is 26.5. The highest BCUT2D eigenvalue weighted by atomic mass is 16.7. The van der Waals surface area contributed by atoms with Gasteiger partial charge in [0.1, 0.15) is 66.9 Å². The summed E-state index contributed by atoms with van der Waals surface area (Å²) in [5.74, 6) is -5.86. The minimum Gasteiger partial charge on any atom is -0.480 e. The van der Waals surface area contributed by atoms with Gasteiger partial charge in [-0.1, -0.05) is 58.0 Å². The van der Waals surface area contributed by atoms with Gasteiger partial charge in [0.05, 0.1) is 12.1 Å². The molecule has 4 amide bonds. The second-order valence-corrected chi connectivity index (χ2v) is 18.6. The van der Waals surface area contributed by atoms with E-state index >= 15 is 0 Å². The molecule has 0 saturated carbocycles. The lowest BCUT2D eigenvalue weighted by Gasteiger charge is -2.39. The van der Waals surface area contributed by atoms with Gasteiger partial charge in [0.15, 0.2) is 18.5 Å². The fourth-order valence-electron chi connectivity index (χ4n) is 8.80. The smallest absolute Gasteiger partial charge is 0.330 e. The largest absolute Gasteiger partial charge is 0.480 e. The van der Waals surface area contributed by atoms with E-state index in [1.165, 1.54) is 12.0 Å². The summed E-state index contributed by atoms with van der Waals surface area (Å²) >= 11 is 0. The summed E-state index contributed by atoms with van der Waals surface area (Å²) in [7, 11) is 1.24. The van der Waals surface area contributed by atoms with Crippen LogP contribution in [0.3, 0.4) is 0 Å². The van der Waals surface area contributed by atoms with Crippen molar-refractivity contribution < 1.29 is 73.6 Å². The van der Waals surface area contributed by atoms with E-state index in [-0.39, 0.29) is 51.5 Å². The molecule has 2 fully saturated rings. The van der Waals surface area contributed by atoms with E-state index in [1.54, 1.807) is 58.0 Å². The van der Waals surface area contributed by atoms with E-state index < -0.39 is 144 Å². The van der Waals surface area contributed by atoms with Gasteiger partial charge >= 0.3 is 23.7 Å². The van der Waals surface area contributed by atoms with Gasteiger partial charge in [-0.15, -0.1) is 0 Å². The van der Waals surface area contributed by atoms with Crippen LogP contribution < -0.4 is 49.3 Å². The zero-order valence-corrected chi connectivity index (χ0v) is 41.0. The zero-order valence-electron chi connectivity index (χ0n) is 41.0. The summed E-state index contributed by atoms with van der Waals surface area (Å²) in [6.45, 7) is 5.81. The molecule has 2 saturated heterocycles. The fourth-order valence-corrected chi connectivity index (χ4v) is 8.80. The number of guanidine groups is 1. The number of urea groups is 1. The number of nitrogens with zero attached hydrogens (tertiary/aromatic N) is 3. The SMILES string of the molecule is CO[C@H]1C(OC(C(C(=O)O)N(CCCNC(=O)C(NC(=O)C(NC(=O)NC(C(=O)O)C(C)C)C2CCN=C(N)N2)C(O)C(C)C)Cc2ccccc2)[C@H]2O[C@@H](n3ccc(=O)[nH]c3=O)[C@H](O)[C@@H]2O)O[C@H](CN)[C@H]1O. The number of aliphatic hydroxyl groups is 4. The van der Waals surface area contributed by atoms with Gasteiger partial charge in [-0.05, 0) is 30.2 Å². The molecule has 3 aliphatic heterocycles. The summed E-state index contributed by atoms with van der Waals surface area (Å²) in [5, 5.41) is 78.9. The van der Waals surface area contributed by atoms with Crippen LogP contribution in [0.15, 0.2) is 57.2 Å². The molecule has 5 rings (SSSR count). The number of aliphatic hydroxyl groups excluding tert-OH is 4. The first-order valence-electron chi connectivity index (χ1n) is 23.8. The topological polar surface area (TPSA) is 426 Å². The van der Waals surface area contributed by atoms with Crippen molar-refractivity contribution in [3.8, 4) is 0 Å². The molecule has 4 heterocycles. The Bertz CT molecular complexity index is 2340. The first-order valence-corrected chi connectivity index (χ1v) is 23.8. The van der Waals surface area contributed by atoms with Crippen LogP contribution in [0.1, 0.15) is 52.3 Å². The van der Waals surface area contributed by atoms with Crippen LogP contribution in [0.4, 0.5) is 4.79 Å². The Morgan fingerprint density at radius 2 is 1.62 bits per heavy atom. The Morgan fingerprint density at radius 3 is 2.21 bits per heavy atom. The average Bonchev–Trinajstić information content (AvgIpc) is 3.81. The van der Waals surface area contributed by atoms with E-state index in [0.29, 0.717) is 5.56 Å². The maximum Gasteiger partial charge on any atom is 0.330 e. The number of H-pyrrole nitrogens is 1. The number of aromatic nitrogens is 2. The molecule has 0 bridgehead atoms. The fraction of sp³-hybridized carbons (Fsp3) is 0.644. The van der Waals surface area contributed by atoms with Gasteiger partial charge in [0.2, 0.25) is 11.8 Å². The predicted molar refractivity (Wildman–Crippen MR) is 255 cm³/mol. The summed E-state index contributed by atoms with van der Waals surface area (Å²) < 4.78 is 24.6. The summed E-state index contributed by atoms with van der Waals surface area (Å²) in [6.07, 6.45) is -14.6. The second-order valence-electron chi connectivity index (χ2n) is 18.6. The van der Waals surface area contributed by atoms with Crippen LogP contribution >= 0.6 is 0 Å². The highest BCUT2D eigenvalue weighted by Crippen LogP contribution is 2.36. The Morgan fingerprint density at radius 1 is 0.918 bits per heavy atom. The summed E-state index contributed by atoms with van der Waals surface area (Å²) in [5.41, 5.74) is 10.6. The summed E-state index contributed by atoms with van der Waals surface area (Å²) in [4.78, 5) is 99.2. The maximum absolute atomic E-state index is 14.1. The lowest BCUT2D eigenvalue weighted by molar-refractivity contribution is -0.238. The number of aromatic amines is 1. The molecule has 15 atom stereocenters. The maximum atomic E-state index is 14.1. The van der Waals surface area contributed by atoms with Gasteiger partial charge < -0.3 is 87.6 Å². The van der Waals surface area contributed by atoms with Crippen molar-refractivity contribution in [1.29, 1.82) is 0 Å². The average molecular weight is 1040 g/mol. The molecular formula is C45H69N11O17. The number of hydrogen-bond acceptors (Lipinski definition) is 20. The first kappa shape index (κ1) is 57.8. The van der Waals surface area contributed by atoms with E-state index in [9.17, 15) is 64.2 Å². The van der Waals surface area contributed by atoms with Crippen LogP contribution in [-0.2, 0) is 44.7 Å². The predicted octanol–water partition coefficient (Wildman–Crippen LogP) is -4.98. The quantitative estimate of drug-likeness (QED) is 0.0414. The van der Waals surface area contributed by atoms with Crippen LogP contribution in [0.2, 0.25) is 0 Å². The molecule has 1 aromatic carbocycles. The standard InChI is InChI=1S/C45H69N11O17/c1-20(2)26(40(64)65)53-44(68)54-27(23-12-15-49-43(47)50-23)38(63)52-28(30(58)21(3)4)37(62)48-14-9-16-55(19-22-10-7-6-8-11-22)29(41(66)67)34(73-42-36(70-5)31(59)24(18-46)71-42)35-32(60)33(61)39(72-35)56-17-13-25(57)51-45(56)69/h6-8,10-11,13,17,20-21,23-24,26-36,39,42,58-61H,9,12,14-16,18-19,46H2,1-5H3,(H,48,62)(H,52,63)(H,64,65)(H,66,67)(H3,47,49,50)(H,51,57,69)(H2,53,54,68)/t23?,24-,26?,27?,28?,29?,30?,31-,32+,33-,34?,35+,36-,39-,42?/m1/s1. The van der Waals surface area contributed by atoms with Crippen molar-refractivity contribution in [3.05, 3.63) is 69.0 Å². The van der Waals surface area contributed by atoms with Crippen LogP contribution in [0.25, 0.3) is 0 Å². The number of nitrogens with two attached hydrogens (primary N) is 2. The zero-order chi connectivity index (χ0) is 53.8. The molecule has 16 N–H and O–H groups in total. The molecule has 0 radical (unpaired) electrons. The number of carbonyl (C=O) groups excluding carboxylic acids is 3. The van der Waals surface area contributed by atoms with Crippen molar-refractivity contribution in [2.24, 2.45) is 28.3 Å². The highest BCUT2D eigenvalue weighted by Gasteiger charge is 2.55. The molecule has 28 heteroatoms. The minimum absolute atomic E-state index is 0.0241. The number of aliphatic carboxylic acids is 2. The molecule has 28 nitrogen and oxygen atoms in total. The lowest BCUT2D eigenvalue weighted by atomic mass is 9.96. The Labute approximate surface area is 418 Å².